The third-order valence-corrected chi connectivity index (χ3v) is 2.84. The van der Waals surface area contributed by atoms with Crippen LogP contribution in [0.2, 0.25) is 0 Å². The fourth-order valence-corrected chi connectivity index (χ4v) is 1.78. The Morgan fingerprint density at radius 1 is 1.28 bits per heavy atom. The Morgan fingerprint density at radius 2 is 2.06 bits per heavy atom. The zero-order valence-electron chi connectivity index (χ0n) is 11.6. The lowest BCUT2D eigenvalue weighted by molar-refractivity contribution is 0.355. The molecule has 18 heavy (non-hydrogen) atoms. The summed E-state index contributed by atoms with van der Waals surface area (Å²) >= 11 is 0. The Balaban J connectivity index is 2.01. The Hall–Kier alpha value is -1.77. The van der Waals surface area contributed by atoms with E-state index in [2.05, 4.69) is 68.6 Å². The lowest BCUT2D eigenvalue weighted by atomic mass is 10.1. The minimum Gasteiger partial charge on any atom is -0.381 e. The molecule has 0 amide bonds. The lowest BCUT2D eigenvalue weighted by Gasteiger charge is -2.18. The summed E-state index contributed by atoms with van der Waals surface area (Å²) in [5, 5.41) is 7.81. The second-order valence-corrected chi connectivity index (χ2v) is 5.69. The second-order valence-electron chi connectivity index (χ2n) is 5.69. The number of aromatic nitrogens is 2. The summed E-state index contributed by atoms with van der Waals surface area (Å²) in [5.74, 6) is 0. The van der Waals surface area contributed by atoms with Gasteiger partial charge in [-0.05, 0) is 45.4 Å². The predicted molar refractivity (Wildman–Crippen MR) is 75.7 cm³/mol. The van der Waals surface area contributed by atoms with Gasteiger partial charge in [0.2, 0.25) is 0 Å². The maximum Gasteiger partial charge on any atom is 0.0543 e. The molecule has 3 heteroatoms. The molecule has 1 aromatic heterocycles. The molecule has 0 radical (unpaired) electrons. The summed E-state index contributed by atoms with van der Waals surface area (Å²) in [6.45, 7) is 9.36. The summed E-state index contributed by atoms with van der Waals surface area (Å²) in [7, 11) is 0. The Morgan fingerprint density at radius 3 is 2.67 bits per heavy atom. The maximum atomic E-state index is 4.39. The molecule has 0 saturated heterocycles. The monoisotopic (exact) mass is 243 g/mol. The van der Waals surface area contributed by atoms with Crippen molar-refractivity contribution in [1.29, 1.82) is 0 Å². The molecule has 0 spiro atoms. The van der Waals surface area contributed by atoms with Crippen LogP contribution in [0.1, 0.15) is 31.9 Å². The molecule has 0 aliphatic carbocycles. The van der Waals surface area contributed by atoms with Gasteiger partial charge in [-0.15, -0.1) is 0 Å². The highest BCUT2D eigenvalue weighted by atomic mass is 15.3. The van der Waals surface area contributed by atoms with Crippen molar-refractivity contribution in [2.24, 2.45) is 0 Å². The van der Waals surface area contributed by atoms with Crippen LogP contribution in [0.5, 0.6) is 0 Å². The first-order valence-electron chi connectivity index (χ1n) is 6.30. The van der Waals surface area contributed by atoms with Crippen molar-refractivity contribution in [3.05, 3.63) is 47.8 Å². The molecule has 0 aliphatic rings. The third kappa shape index (κ3) is 3.13. The summed E-state index contributed by atoms with van der Waals surface area (Å²) in [6, 6.07) is 8.40. The van der Waals surface area contributed by atoms with E-state index in [0.29, 0.717) is 0 Å². The van der Waals surface area contributed by atoms with Crippen molar-refractivity contribution in [3.8, 4) is 0 Å². The van der Waals surface area contributed by atoms with E-state index >= 15 is 0 Å². The molecule has 1 heterocycles. The van der Waals surface area contributed by atoms with E-state index in [9.17, 15) is 0 Å². The molecule has 2 rings (SSSR count). The van der Waals surface area contributed by atoms with Crippen molar-refractivity contribution in [2.75, 3.05) is 5.32 Å². The van der Waals surface area contributed by atoms with Crippen LogP contribution in [0.15, 0.2) is 36.7 Å². The number of aryl methyl sites for hydroxylation is 1. The number of hydrogen-bond acceptors (Lipinski definition) is 2. The van der Waals surface area contributed by atoms with E-state index in [1.54, 1.807) is 0 Å². The van der Waals surface area contributed by atoms with E-state index in [-0.39, 0.29) is 5.54 Å². The van der Waals surface area contributed by atoms with Crippen LogP contribution < -0.4 is 5.32 Å². The molecular formula is C15H21N3. The molecule has 1 N–H and O–H groups in total. The van der Waals surface area contributed by atoms with Crippen LogP contribution in [0.25, 0.3) is 0 Å². The van der Waals surface area contributed by atoms with Gasteiger partial charge in [0.15, 0.2) is 0 Å². The topological polar surface area (TPSA) is 29.9 Å². The Bertz CT molecular complexity index is 521. The molecule has 96 valence electrons. The van der Waals surface area contributed by atoms with Gasteiger partial charge in [-0.25, -0.2) is 0 Å². The Labute approximate surface area is 109 Å². The summed E-state index contributed by atoms with van der Waals surface area (Å²) in [5.41, 5.74) is 3.66. The highest BCUT2D eigenvalue weighted by Gasteiger charge is 2.13. The van der Waals surface area contributed by atoms with Gasteiger partial charge in [-0.1, -0.05) is 12.1 Å². The SMILES string of the molecule is Cc1cccc(NCc2cnn(C(C)(C)C)c2)c1. The van der Waals surface area contributed by atoms with Crippen LogP contribution in [0, 0.1) is 6.92 Å². The normalized spacial score (nSPS) is 11.6. The number of nitrogens with one attached hydrogen (secondary N) is 1. The van der Waals surface area contributed by atoms with Gasteiger partial charge < -0.3 is 5.32 Å². The number of hydrogen-bond donors (Lipinski definition) is 1. The predicted octanol–water partition coefficient (Wildman–Crippen LogP) is 3.56. The first-order chi connectivity index (χ1) is 8.45. The van der Waals surface area contributed by atoms with Crippen LogP contribution in [0.4, 0.5) is 5.69 Å². The van der Waals surface area contributed by atoms with Gasteiger partial charge in [-0.2, -0.15) is 5.10 Å². The van der Waals surface area contributed by atoms with Crippen molar-refractivity contribution >= 4 is 5.69 Å². The molecule has 0 fully saturated rings. The second kappa shape index (κ2) is 4.84. The molecule has 1 aromatic carbocycles. The average molecular weight is 243 g/mol. The van der Waals surface area contributed by atoms with Gasteiger partial charge in [0.25, 0.3) is 0 Å². The van der Waals surface area contributed by atoms with Gasteiger partial charge >= 0.3 is 0 Å². The summed E-state index contributed by atoms with van der Waals surface area (Å²) in [4.78, 5) is 0. The molecule has 0 aliphatic heterocycles. The largest absolute Gasteiger partial charge is 0.381 e. The first kappa shape index (κ1) is 12.7. The van der Waals surface area contributed by atoms with Gasteiger partial charge in [0, 0.05) is 24.0 Å². The smallest absolute Gasteiger partial charge is 0.0543 e. The molecule has 0 saturated carbocycles. The standard InChI is InChI=1S/C15H21N3/c1-12-6-5-7-14(8-12)16-9-13-10-17-18(11-13)15(2,3)4/h5-8,10-11,16H,9H2,1-4H3. The molecule has 2 aromatic rings. The quantitative estimate of drug-likeness (QED) is 0.893. The molecule has 0 unspecified atom stereocenters. The van der Waals surface area contributed by atoms with Crippen LogP contribution >= 0.6 is 0 Å². The highest BCUT2D eigenvalue weighted by Crippen LogP contribution is 2.15. The third-order valence-electron chi connectivity index (χ3n) is 2.84. The number of anilines is 1. The van der Waals surface area contributed by atoms with E-state index in [1.807, 2.05) is 10.9 Å². The van der Waals surface area contributed by atoms with Crippen LogP contribution in [-0.2, 0) is 12.1 Å². The fourth-order valence-electron chi connectivity index (χ4n) is 1.78. The fraction of sp³-hybridized carbons (Fsp3) is 0.400. The van der Waals surface area contributed by atoms with E-state index < -0.39 is 0 Å². The lowest BCUT2D eigenvalue weighted by Crippen LogP contribution is -2.21. The number of nitrogens with zero attached hydrogens (tertiary/aromatic N) is 2. The first-order valence-corrected chi connectivity index (χ1v) is 6.30. The van der Waals surface area contributed by atoms with E-state index in [4.69, 9.17) is 0 Å². The summed E-state index contributed by atoms with van der Waals surface area (Å²) < 4.78 is 2.00. The zero-order valence-corrected chi connectivity index (χ0v) is 11.6. The van der Waals surface area contributed by atoms with Gasteiger partial charge in [0.1, 0.15) is 0 Å². The molecule has 0 atom stereocenters. The zero-order chi connectivity index (χ0) is 13.2. The van der Waals surface area contributed by atoms with Crippen molar-refractivity contribution < 1.29 is 0 Å². The van der Waals surface area contributed by atoms with Gasteiger partial charge in [-0.3, -0.25) is 4.68 Å². The molecule has 0 bridgehead atoms. The average Bonchev–Trinajstić information content (AvgIpc) is 2.74. The number of benzene rings is 1. The van der Waals surface area contributed by atoms with Crippen molar-refractivity contribution in [1.82, 2.24) is 9.78 Å². The van der Waals surface area contributed by atoms with E-state index in [0.717, 1.165) is 12.2 Å². The van der Waals surface area contributed by atoms with Crippen LogP contribution in [-0.4, -0.2) is 9.78 Å². The molecular weight excluding hydrogens is 222 g/mol. The van der Waals surface area contributed by atoms with Crippen LogP contribution in [0.3, 0.4) is 0 Å². The summed E-state index contributed by atoms with van der Waals surface area (Å²) in [6.07, 6.45) is 4.02. The molecule has 3 nitrogen and oxygen atoms in total. The number of rotatable bonds is 3. The van der Waals surface area contributed by atoms with Gasteiger partial charge in [0.05, 0.1) is 11.7 Å². The highest BCUT2D eigenvalue weighted by molar-refractivity contribution is 5.45. The van der Waals surface area contributed by atoms with E-state index in [1.165, 1.54) is 11.1 Å². The van der Waals surface area contributed by atoms with Crippen molar-refractivity contribution in [2.45, 2.75) is 39.8 Å². The maximum absolute atomic E-state index is 4.39. The Kier molecular flexibility index (Phi) is 3.41. The minimum atomic E-state index is 0.0432. The minimum absolute atomic E-state index is 0.0432. The van der Waals surface area contributed by atoms with Crippen molar-refractivity contribution in [3.63, 3.8) is 0 Å².